The van der Waals surface area contributed by atoms with Crippen molar-refractivity contribution < 1.29 is 9.18 Å². The summed E-state index contributed by atoms with van der Waals surface area (Å²) in [6.07, 6.45) is 2.27. The molecule has 30 heavy (non-hydrogen) atoms. The summed E-state index contributed by atoms with van der Waals surface area (Å²) in [5.74, 6) is 0.297. The van der Waals surface area contributed by atoms with Gasteiger partial charge in [0.05, 0.1) is 11.6 Å². The largest absolute Gasteiger partial charge is 0.337 e. The minimum atomic E-state index is -0.534. The van der Waals surface area contributed by atoms with Gasteiger partial charge in [0.2, 0.25) is 0 Å². The predicted octanol–water partition coefficient (Wildman–Crippen LogP) is 4.64. The summed E-state index contributed by atoms with van der Waals surface area (Å²) in [7, 11) is 0. The smallest absolute Gasteiger partial charge is 0.319 e. The molecule has 4 aromatic rings. The van der Waals surface area contributed by atoms with E-state index in [1.807, 2.05) is 30.3 Å². The first kappa shape index (κ1) is 19.8. The molecule has 0 fully saturated rings. The van der Waals surface area contributed by atoms with E-state index in [4.69, 9.17) is 11.6 Å². The average molecular weight is 424 g/mol. The van der Waals surface area contributed by atoms with E-state index in [9.17, 15) is 9.18 Å². The number of nitrogens with one attached hydrogen (secondary N) is 2. The minimum absolute atomic E-state index is 0.0464. The number of amides is 2. The van der Waals surface area contributed by atoms with Gasteiger partial charge in [-0.3, -0.25) is 0 Å². The van der Waals surface area contributed by atoms with Crippen LogP contribution in [-0.4, -0.2) is 27.1 Å². The van der Waals surface area contributed by atoms with Crippen molar-refractivity contribution in [3.8, 4) is 0 Å². The lowest BCUT2D eigenvalue weighted by atomic mass is 10.2. The second kappa shape index (κ2) is 8.92. The normalized spacial score (nSPS) is 10.9. The fraction of sp³-hybridized carbons (Fsp3) is 0.136. The van der Waals surface area contributed by atoms with Crippen LogP contribution in [0.1, 0.15) is 11.4 Å². The van der Waals surface area contributed by atoms with Gasteiger partial charge in [-0.25, -0.2) is 19.2 Å². The summed E-state index contributed by atoms with van der Waals surface area (Å²) in [6, 6.07) is 17.5. The summed E-state index contributed by atoms with van der Waals surface area (Å²) in [6.45, 7) is 1.02. The maximum Gasteiger partial charge on any atom is 0.319 e. The van der Waals surface area contributed by atoms with E-state index in [1.165, 1.54) is 18.2 Å². The molecule has 0 radical (unpaired) electrons. The molecule has 0 atom stereocenters. The third-order valence-electron chi connectivity index (χ3n) is 4.58. The molecule has 4 rings (SSSR count). The number of urea groups is 1. The van der Waals surface area contributed by atoms with Crippen molar-refractivity contribution in [2.24, 2.45) is 0 Å². The van der Waals surface area contributed by atoms with E-state index in [2.05, 4.69) is 37.3 Å². The number of carbonyl (C=O) groups excluding carboxylic acids is 1. The second-order valence-corrected chi connectivity index (χ2v) is 7.11. The van der Waals surface area contributed by atoms with Crippen LogP contribution in [0, 0.1) is 5.82 Å². The molecule has 2 aromatic heterocycles. The van der Waals surface area contributed by atoms with E-state index < -0.39 is 11.8 Å². The maximum absolute atomic E-state index is 13.2. The number of hydrogen-bond acceptors (Lipinski definition) is 3. The van der Waals surface area contributed by atoms with Gasteiger partial charge in [0.25, 0.3) is 0 Å². The molecule has 152 valence electrons. The average Bonchev–Trinajstić information content (AvgIpc) is 3.09. The highest BCUT2D eigenvalue weighted by atomic mass is 35.5. The monoisotopic (exact) mass is 423 g/mol. The zero-order chi connectivity index (χ0) is 20.9. The molecular formula is C22H19ClFN5O. The topological polar surface area (TPSA) is 71.8 Å². The number of halogens is 2. The molecule has 0 saturated carbocycles. The van der Waals surface area contributed by atoms with Crippen LogP contribution >= 0.6 is 11.6 Å². The van der Waals surface area contributed by atoms with Crippen LogP contribution in [0.15, 0.2) is 66.9 Å². The van der Waals surface area contributed by atoms with Gasteiger partial charge in [-0.15, -0.1) is 0 Å². The number of hydrogen-bond donors (Lipinski definition) is 2. The van der Waals surface area contributed by atoms with Crippen molar-refractivity contribution in [1.82, 2.24) is 19.9 Å². The summed E-state index contributed by atoms with van der Waals surface area (Å²) >= 11 is 5.74. The van der Waals surface area contributed by atoms with Crippen LogP contribution in [-0.2, 0) is 13.0 Å². The molecule has 8 heteroatoms. The van der Waals surface area contributed by atoms with E-state index in [0.29, 0.717) is 25.2 Å². The number of benzene rings is 2. The fourth-order valence-corrected chi connectivity index (χ4v) is 3.35. The lowest BCUT2D eigenvalue weighted by Crippen LogP contribution is -2.31. The van der Waals surface area contributed by atoms with Crippen LogP contribution in [0.5, 0.6) is 0 Å². The van der Waals surface area contributed by atoms with E-state index in [0.717, 1.165) is 22.6 Å². The minimum Gasteiger partial charge on any atom is -0.337 e. The van der Waals surface area contributed by atoms with Crippen molar-refractivity contribution in [3.63, 3.8) is 0 Å². The van der Waals surface area contributed by atoms with Gasteiger partial charge in [-0.2, -0.15) is 0 Å². The van der Waals surface area contributed by atoms with Gasteiger partial charge in [0, 0.05) is 24.8 Å². The number of aromatic nitrogens is 3. The Morgan fingerprint density at radius 3 is 2.73 bits per heavy atom. The third-order valence-corrected chi connectivity index (χ3v) is 4.87. The number of imidazole rings is 1. The number of rotatable bonds is 6. The van der Waals surface area contributed by atoms with Gasteiger partial charge in [-0.05, 0) is 35.9 Å². The molecule has 2 N–H and O–H groups in total. The summed E-state index contributed by atoms with van der Waals surface area (Å²) in [5.41, 5.74) is 3.18. The lowest BCUT2D eigenvalue weighted by molar-refractivity contribution is 0.252. The van der Waals surface area contributed by atoms with Crippen LogP contribution in [0.25, 0.3) is 11.2 Å². The van der Waals surface area contributed by atoms with E-state index >= 15 is 0 Å². The Balaban J connectivity index is 1.44. The molecular weight excluding hydrogens is 405 g/mol. The van der Waals surface area contributed by atoms with Crippen LogP contribution in [0.3, 0.4) is 0 Å². The Bertz CT molecular complexity index is 1180. The Labute approximate surface area is 177 Å². The number of anilines is 1. The summed E-state index contributed by atoms with van der Waals surface area (Å²) in [5, 5.41) is 5.38. The van der Waals surface area contributed by atoms with Crippen LogP contribution in [0.4, 0.5) is 14.9 Å². The predicted molar refractivity (Wildman–Crippen MR) is 115 cm³/mol. The van der Waals surface area contributed by atoms with Crippen molar-refractivity contribution in [2.45, 2.75) is 13.0 Å². The number of nitrogens with zero attached hydrogens (tertiary/aromatic N) is 3. The van der Waals surface area contributed by atoms with Crippen molar-refractivity contribution >= 4 is 34.5 Å². The lowest BCUT2D eigenvalue weighted by Gasteiger charge is -2.10. The Morgan fingerprint density at radius 2 is 1.93 bits per heavy atom. The Hall–Kier alpha value is -3.45. The van der Waals surface area contributed by atoms with Gasteiger partial charge in [0.15, 0.2) is 5.65 Å². The van der Waals surface area contributed by atoms with Crippen molar-refractivity contribution in [2.75, 3.05) is 11.9 Å². The van der Waals surface area contributed by atoms with Crippen molar-refractivity contribution in [1.29, 1.82) is 0 Å². The molecule has 2 heterocycles. The van der Waals surface area contributed by atoms with E-state index in [-0.39, 0.29) is 5.02 Å². The van der Waals surface area contributed by atoms with Crippen LogP contribution in [0.2, 0.25) is 5.02 Å². The Morgan fingerprint density at radius 1 is 1.10 bits per heavy atom. The first-order chi connectivity index (χ1) is 14.6. The number of fused-ring (bicyclic) bond motifs is 1. The molecule has 2 aromatic carbocycles. The van der Waals surface area contributed by atoms with Crippen molar-refractivity contribution in [3.05, 3.63) is 89.1 Å². The molecule has 6 nitrogen and oxygen atoms in total. The molecule has 2 amide bonds. The highest BCUT2D eigenvalue weighted by Crippen LogP contribution is 2.19. The standard InChI is InChI=1S/C22H19ClFN5O/c23-17-13-16(8-9-18(17)24)27-22(30)26-12-10-20-28-19-7-4-11-25-21(19)29(20)14-15-5-2-1-3-6-15/h1-9,11,13H,10,12,14H2,(H2,26,27,30). The SMILES string of the molecule is O=C(NCCc1nc2cccnc2n1Cc1ccccc1)Nc1ccc(F)c(Cl)c1. The van der Waals surface area contributed by atoms with Crippen LogP contribution < -0.4 is 10.6 Å². The van der Waals surface area contributed by atoms with Gasteiger partial charge >= 0.3 is 6.03 Å². The van der Waals surface area contributed by atoms with Gasteiger partial charge < -0.3 is 15.2 Å². The Kier molecular flexibility index (Phi) is 5.90. The molecule has 0 saturated heterocycles. The second-order valence-electron chi connectivity index (χ2n) is 6.71. The molecule has 0 bridgehead atoms. The highest BCUT2D eigenvalue weighted by molar-refractivity contribution is 6.31. The first-order valence-corrected chi connectivity index (χ1v) is 9.82. The molecule has 0 aliphatic rings. The quantitative estimate of drug-likeness (QED) is 0.474. The summed E-state index contributed by atoms with van der Waals surface area (Å²) in [4.78, 5) is 21.3. The van der Waals surface area contributed by atoms with E-state index in [1.54, 1.807) is 6.20 Å². The summed E-state index contributed by atoms with van der Waals surface area (Å²) < 4.78 is 15.3. The highest BCUT2D eigenvalue weighted by Gasteiger charge is 2.12. The maximum atomic E-state index is 13.2. The molecule has 0 aliphatic heterocycles. The molecule has 0 unspecified atom stereocenters. The number of carbonyl (C=O) groups is 1. The number of pyridine rings is 1. The fourth-order valence-electron chi connectivity index (χ4n) is 3.17. The third kappa shape index (κ3) is 4.58. The zero-order valence-electron chi connectivity index (χ0n) is 16.0. The molecule has 0 aliphatic carbocycles. The molecule has 0 spiro atoms. The first-order valence-electron chi connectivity index (χ1n) is 9.44. The van der Waals surface area contributed by atoms with Gasteiger partial charge in [0.1, 0.15) is 17.2 Å². The van der Waals surface area contributed by atoms with Gasteiger partial charge in [-0.1, -0.05) is 41.9 Å². The zero-order valence-corrected chi connectivity index (χ0v) is 16.7.